The molecule has 14 heteroatoms. The van der Waals surface area contributed by atoms with Crippen LogP contribution in [0.2, 0.25) is 5.02 Å². The predicted octanol–water partition coefficient (Wildman–Crippen LogP) is 9.36. The second-order valence-electron chi connectivity index (χ2n) is 12.0. The first kappa shape index (κ1) is 37.1. The maximum atomic E-state index is 15.0. The summed E-state index contributed by atoms with van der Waals surface area (Å²) in [4.78, 5) is 14.0. The number of aliphatic hydroxyl groups excluding tert-OH is 1. The fourth-order valence-electron chi connectivity index (χ4n) is 6.37. The largest absolute Gasteiger partial charge is 0.497 e. The molecule has 2 heterocycles. The Morgan fingerprint density at radius 2 is 1.77 bits per heavy atom. The molecule has 0 aliphatic heterocycles. The molecule has 0 amide bonds. The van der Waals surface area contributed by atoms with Crippen molar-refractivity contribution in [3.05, 3.63) is 106 Å². The summed E-state index contributed by atoms with van der Waals surface area (Å²) in [5.41, 5.74) is 0.135. The van der Waals surface area contributed by atoms with E-state index in [2.05, 4.69) is 5.10 Å². The monoisotopic (exact) mass is 755 g/mol. The number of hydrogen-bond acceptors (Lipinski definition) is 7. The number of carbonyl (C=O) groups is 1. The lowest BCUT2D eigenvalue weighted by atomic mass is 9.96. The molecule has 0 saturated carbocycles. The van der Waals surface area contributed by atoms with E-state index in [0.29, 0.717) is 28.0 Å². The third-order valence-corrected chi connectivity index (χ3v) is 10.2. The Morgan fingerprint density at radius 1 is 1.02 bits per heavy atom. The fourth-order valence-corrected chi connectivity index (χ4v) is 7.55. The number of nitrogens with zero attached hydrogens (tertiary/aromatic N) is 3. The van der Waals surface area contributed by atoms with Crippen LogP contribution < -0.4 is 9.47 Å². The number of carbonyl (C=O) groups excluding carboxylic acids is 1. The van der Waals surface area contributed by atoms with Gasteiger partial charge in [0.1, 0.15) is 23.0 Å². The molecule has 0 fully saturated rings. The Bertz CT molecular complexity index is 2290. The number of hydrogen-bond donors (Lipinski definition) is 1. The van der Waals surface area contributed by atoms with Crippen molar-refractivity contribution < 1.29 is 41.7 Å². The number of rotatable bonds is 12. The van der Waals surface area contributed by atoms with Crippen LogP contribution in [0.15, 0.2) is 71.6 Å². The normalized spacial score (nSPS) is 11.8. The number of esters is 1. The van der Waals surface area contributed by atoms with Crippen molar-refractivity contribution >= 4 is 51.0 Å². The van der Waals surface area contributed by atoms with Crippen molar-refractivity contribution in [1.29, 1.82) is 0 Å². The van der Waals surface area contributed by atoms with Crippen LogP contribution in [0, 0.1) is 12.7 Å². The van der Waals surface area contributed by atoms with Crippen LogP contribution in [0.5, 0.6) is 11.5 Å². The first-order valence-electron chi connectivity index (χ1n) is 16.1. The molecular weight excluding hydrogens is 722 g/mol. The summed E-state index contributed by atoms with van der Waals surface area (Å²) in [6.45, 7) is 1.10. The lowest BCUT2D eigenvalue weighted by molar-refractivity contribution is -0.136. The van der Waals surface area contributed by atoms with Gasteiger partial charge in [-0.2, -0.15) is 18.3 Å². The van der Waals surface area contributed by atoms with Gasteiger partial charge in [-0.05, 0) is 78.9 Å². The molecule has 6 rings (SSSR count). The quantitative estimate of drug-likeness (QED) is 0.0577. The average Bonchev–Trinajstić information content (AvgIpc) is 3.61. The number of benzene rings is 4. The smallest absolute Gasteiger partial charge is 0.419 e. The molecular formula is C38H34ClF4N3O5S. The average molecular weight is 756 g/mol. The van der Waals surface area contributed by atoms with E-state index in [1.807, 2.05) is 36.4 Å². The van der Waals surface area contributed by atoms with Gasteiger partial charge in [0.05, 0.1) is 44.2 Å². The van der Waals surface area contributed by atoms with Gasteiger partial charge in [-0.3, -0.25) is 4.68 Å². The molecule has 0 atom stereocenters. The van der Waals surface area contributed by atoms with Crippen molar-refractivity contribution in [3.8, 4) is 22.6 Å². The van der Waals surface area contributed by atoms with Gasteiger partial charge < -0.3 is 23.9 Å². The summed E-state index contributed by atoms with van der Waals surface area (Å²) in [6.07, 6.45) is -4.81. The third kappa shape index (κ3) is 7.17. The second kappa shape index (κ2) is 15.1. The van der Waals surface area contributed by atoms with E-state index in [-0.39, 0.29) is 52.3 Å². The molecule has 0 unspecified atom stereocenters. The Balaban J connectivity index is 1.35. The van der Waals surface area contributed by atoms with Crippen molar-refractivity contribution in [2.24, 2.45) is 7.05 Å². The van der Waals surface area contributed by atoms with Crippen LogP contribution in [0.25, 0.3) is 32.8 Å². The maximum absolute atomic E-state index is 15.0. The van der Waals surface area contributed by atoms with Crippen molar-refractivity contribution in [2.75, 3.05) is 20.8 Å². The topological polar surface area (TPSA) is 87.7 Å². The number of thioether (sulfide) groups is 1. The highest BCUT2D eigenvalue weighted by molar-refractivity contribution is 7.98. The summed E-state index contributed by atoms with van der Waals surface area (Å²) in [5, 5.41) is 15.3. The zero-order chi connectivity index (χ0) is 37.3. The Hall–Kier alpha value is -4.72. The van der Waals surface area contributed by atoms with Crippen LogP contribution in [-0.2, 0) is 36.9 Å². The fraction of sp³-hybridized carbons (Fsp3) is 0.263. The van der Waals surface area contributed by atoms with Gasteiger partial charge in [0.15, 0.2) is 0 Å². The summed E-state index contributed by atoms with van der Waals surface area (Å²) >= 11 is 8.16. The number of aliphatic hydroxyl groups is 1. The number of ether oxygens (including phenoxy) is 3. The van der Waals surface area contributed by atoms with E-state index in [1.165, 1.54) is 45.3 Å². The maximum Gasteiger partial charge on any atom is 0.419 e. The SMILES string of the molecule is COC(=O)c1c(C(F)(F)F)c2c(-c3c(CO)nn(C)c3C)c(Cl)ccc2n1CCCOc1cc(SCc2ccc(OC)cc2)cc2cc(F)ccc12. The molecule has 4 aromatic carbocycles. The number of methoxy groups -OCH3 is 2. The molecule has 2 aromatic heterocycles. The molecule has 1 N–H and O–H groups in total. The van der Waals surface area contributed by atoms with Gasteiger partial charge >= 0.3 is 12.1 Å². The summed E-state index contributed by atoms with van der Waals surface area (Å²) in [6, 6.07) is 18.7. The van der Waals surface area contributed by atoms with E-state index in [0.717, 1.165) is 23.3 Å². The third-order valence-electron chi connectivity index (χ3n) is 8.85. The van der Waals surface area contributed by atoms with Gasteiger partial charge in [-0.25, -0.2) is 9.18 Å². The molecule has 0 radical (unpaired) electrons. The van der Waals surface area contributed by atoms with Crippen LogP contribution >= 0.6 is 23.4 Å². The highest BCUT2D eigenvalue weighted by atomic mass is 35.5. The highest BCUT2D eigenvalue weighted by Gasteiger charge is 2.43. The zero-order valence-electron chi connectivity index (χ0n) is 28.6. The first-order valence-corrected chi connectivity index (χ1v) is 17.5. The van der Waals surface area contributed by atoms with Crippen LogP contribution in [0.3, 0.4) is 0 Å². The van der Waals surface area contributed by atoms with Crippen molar-refractivity contribution in [2.45, 2.75) is 43.3 Å². The van der Waals surface area contributed by atoms with Gasteiger partial charge in [0, 0.05) is 56.9 Å². The molecule has 0 saturated heterocycles. The van der Waals surface area contributed by atoms with E-state index in [4.69, 9.17) is 25.8 Å². The van der Waals surface area contributed by atoms with E-state index >= 15 is 13.2 Å². The highest BCUT2D eigenvalue weighted by Crippen LogP contribution is 2.47. The van der Waals surface area contributed by atoms with Crippen LogP contribution in [0.4, 0.5) is 17.6 Å². The molecule has 0 bridgehead atoms. The molecule has 8 nitrogen and oxygen atoms in total. The van der Waals surface area contributed by atoms with Crippen molar-refractivity contribution in [1.82, 2.24) is 14.3 Å². The Labute approximate surface area is 305 Å². The lowest BCUT2D eigenvalue weighted by Gasteiger charge is -2.14. The number of aryl methyl sites for hydroxylation is 2. The van der Waals surface area contributed by atoms with Crippen LogP contribution in [0.1, 0.15) is 39.4 Å². The molecule has 272 valence electrons. The van der Waals surface area contributed by atoms with E-state index < -0.39 is 35.8 Å². The van der Waals surface area contributed by atoms with E-state index in [1.54, 1.807) is 27.1 Å². The van der Waals surface area contributed by atoms with Gasteiger partial charge in [-0.1, -0.05) is 23.7 Å². The van der Waals surface area contributed by atoms with Gasteiger partial charge in [-0.15, -0.1) is 11.8 Å². The second-order valence-corrected chi connectivity index (χ2v) is 13.5. The minimum absolute atomic E-state index is 0.00366. The Kier molecular flexibility index (Phi) is 10.8. The summed E-state index contributed by atoms with van der Waals surface area (Å²) < 4.78 is 78.5. The van der Waals surface area contributed by atoms with Crippen LogP contribution in [-0.4, -0.2) is 46.2 Å². The number of aromatic nitrogens is 3. The lowest BCUT2D eigenvalue weighted by Crippen LogP contribution is -2.18. The predicted molar refractivity (Wildman–Crippen MR) is 193 cm³/mol. The van der Waals surface area contributed by atoms with E-state index in [9.17, 15) is 14.3 Å². The van der Waals surface area contributed by atoms with Gasteiger partial charge in [0.2, 0.25) is 0 Å². The molecule has 6 aromatic rings. The minimum Gasteiger partial charge on any atom is -0.497 e. The number of halogens is 5. The summed E-state index contributed by atoms with van der Waals surface area (Å²) in [5.74, 6) is 0.279. The summed E-state index contributed by atoms with van der Waals surface area (Å²) in [7, 11) is 4.23. The molecule has 0 aliphatic rings. The van der Waals surface area contributed by atoms with Crippen molar-refractivity contribution in [3.63, 3.8) is 0 Å². The zero-order valence-corrected chi connectivity index (χ0v) is 30.2. The van der Waals surface area contributed by atoms with Gasteiger partial charge in [0.25, 0.3) is 0 Å². The first-order chi connectivity index (χ1) is 24.9. The molecule has 0 aliphatic carbocycles. The number of alkyl halides is 3. The number of fused-ring (bicyclic) bond motifs is 2. The molecule has 52 heavy (non-hydrogen) atoms. The standard InChI is InChI=1S/C38H34ClF4N3O5S/c1-21-32(29(19-47)44-45(21)2)33-28(39)12-13-30-34(33)35(38(41,42)43)36(37(48)50-4)46(30)14-5-15-51-31-18-26(17-23-16-24(40)8-11-27(23)31)52-20-22-6-9-25(49-3)10-7-22/h6-13,16-18,47H,5,14-15,19-20H2,1-4H3. The Morgan fingerprint density at radius 3 is 2.44 bits per heavy atom. The molecule has 0 spiro atoms. The minimum atomic E-state index is -4.99.